The van der Waals surface area contributed by atoms with Crippen molar-refractivity contribution in [2.75, 3.05) is 31.5 Å². The summed E-state index contributed by atoms with van der Waals surface area (Å²) in [7, 11) is 0. The first-order valence-corrected chi connectivity index (χ1v) is 10.4. The van der Waals surface area contributed by atoms with Crippen molar-refractivity contribution >= 4 is 17.6 Å². The lowest BCUT2D eigenvalue weighted by Gasteiger charge is -2.22. The van der Waals surface area contributed by atoms with E-state index < -0.39 is 24.8 Å². The van der Waals surface area contributed by atoms with E-state index >= 15 is 0 Å². The second kappa shape index (κ2) is 9.89. The van der Waals surface area contributed by atoms with Crippen LogP contribution in [-0.4, -0.2) is 49.5 Å². The molecule has 3 rings (SSSR count). The number of ether oxygens (including phenoxy) is 2. The second-order valence-electron chi connectivity index (χ2n) is 8.20. The van der Waals surface area contributed by atoms with E-state index in [-0.39, 0.29) is 11.6 Å². The summed E-state index contributed by atoms with van der Waals surface area (Å²) in [5.74, 6) is -0.149. The fraction of sp³-hybridized carbons (Fsp3) is 0.667. The highest BCUT2D eigenvalue weighted by Gasteiger charge is 2.27. The number of hydrogen-bond acceptors (Lipinski definition) is 6. The molecule has 8 heteroatoms. The predicted octanol–water partition coefficient (Wildman–Crippen LogP) is 3.09. The van der Waals surface area contributed by atoms with Gasteiger partial charge in [0, 0.05) is 13.1 Å². The van der Waals surface area contributed by atoms with Crippen LogP contribution in [0.3, 0.4) is 0 Å². The van der Waals surface area contributed by atoms with Gasteiger partial charge in [-0.2, -0.15) is 0 Å². The van der Waals surface area contributed by atoms with E-state index in [1.807, 2.05) is 19.9 Å². The van der Waals surface area contributed by atoms with Gasteiger partial charge in [0.1, 0.15) is 11.7 Å². The standard InChI is InChI=1S/C21H30FN3O4/c1-14(2)11-17(21(27)29-13-22)23-19(26)16-7-8-18(25-9-3-4-10-25)20(24-16)28-12-15-5-6-15/h7-8,14-15,17H,3-6,9-13H2,1-2H3,(H,23,26). The molecule has 0 aromatic carbocycles. The first-order valence-electron chi connectivity index (χ1n) is 10.4. The van der Waals surface area contributed by atoms with E-state index in [1.54, 1.807) is 6.07 Å². The van der Waals surface area contributed by atoms with Crippen molar-refractivity contribution in [2.45, 2.75) is 52.0 Å². The molecule has 1 unspecified atom stereocenters. The zero-order valence-corrected chi connectivity index (χ0v) is 17.2. The molecule has 160 valence electrons. The topological polar surface area (TPSA) is 80.8 Å². The fourth-order valence-corrected chi connectivity index (χ4v) is 3.42. The SMILES string of the molecule is CC(C)CC(NC(=O)c1ccc(N2CCCC2)c(OCC2CC2)n1)C(=O)OCF. The minimum Gasteiger partial charge on any atom is -0.476 e. The molecule has 1 saturated carbocycles. The van der Waals surface area contributed by atoms with Crippen LogP contribution in [-0.2, 0) is 9.53 Å². The maximum Gasteiger partial charge on any atom is 0.330 e. The molecule has 1 N–H and O–H groups in total. The van der Waals surface area contributed by atoms with Crippen LogP contribution in [0.1, 0.15) is 56.4 Å². The summed E-state index contributed by atoms with van der Waals surface area (Å²) >= 11 is 0. The van der Waals surface area contributed by atoms with Crippen molar-refractivity contribution in [1.29, 1.82) is 0 Å². The van der Waals surface area contributed by atoms with Crippen LogP contribution in [0.15, 0.2) is 12.1 Å². The number of aromatic nitrogens is 1. The van der Waals surface area contributed by atoms with Crippen LogP contribution < -0.4 is 15.0 Å². The van der Waals surface area contributed by atoms with Crippen LogP contribution in [0.2, 0.25) is 0 Å². The quantitative estimate of drug-likeness (QED) is 0.601. The van der Waals surface area contributed by atoms with Crippen LogP contribution in [0.4, 0.5) is 10.1 Å². The third-order valence-corrected chi connectivity index (χ3v) is 5.17. The van der Waals surface area contributed by atoms with Gasteiger partial charge in [-0.3, -0.25) is 4.79 Å². The Bertz CT molecular complexity index is 718. The molecule has 0 radical (unpaired) electrons. The summed E-state index contributed by atoms with van der Waals surface area (Å²) in [5.41, 5.74) is 1.07. The minimum absolute atomic E-state index is 0.121. The lowest BCUT2D eigenvalue weighted by atomic mass is 10.0. The normalized spacial score (nSPS) is 17.3. The third-order valence-electron chi connectivity index (χ3n) is 5.17. The van der Waals surface area contributed by atoms with Crippen molar-refractivity contribution in [1.82, 2.24) is 10.3 Å². The number of pyridine rings is 1. The zero-order valence-electron chi connectivity index (χ0n) is 17.2. The molecule has 1 aliphatic heterocycles. The Labute approximate surface area is 171 Å². The highest BCUT2D eigenvalue weighted by Crippen LogP contribution is 2.33. The lowest BCUT2D eigenvalue weighted by Crippen LogP contribution is -2.43. The van der Waals surface area contributed by atoms with Crippen molar-refractivity contribution in [2.24, 2.45) is 11.8 Å². The molecule has 1 atom stereocenters. The number of nitrogens with one attached hydrogen (secondary N) is 1. The van der Waals surface area contributed by atoms with Gasteiger partial charge < -0.3 is 19.7 Å². The van der Waals surface area contributed by atoms with Crippen molar-refractivity contribution in [3.8, 4) is 5.88 Å². The molecular weight excluding hydrogens is 377 g/mol. The van der Waals surface area contributed by atoms with Crippen LogP contribution in [0.5, 0.6) is 5.88 Å². The van der Waals surface area contributed by atoms with Gasteiger partial charge >= 0.3 is 5.97 Å². The molecule has 1 saturated heterocycles. The highest BCUT2D eigenvalue weighted by molar-refractivity contribution is 5.95. The number of anilines is 1. The Morgan fingerprint density at radius 1 is 1.28 bits per heavy atom. The Morgan fingerprint density at radius 2 is 2.00 bits per heavy atom. The molecule has 0 spiro atoms. The molecule has 7 nitrogen and oxygen atoms in total. The molecule has 1 aromatic heterocycles. The van der Waals surface area contributed by atoms with Gasteiger partial charge in [0.25, 0.3) is 5.91 Å². The van der Waals surface area contributed by atoms with Gasteiger partial charge in [-0.25, -0.2) is 14.2 Å². The van der Waals surface area contributed by atoms with Crippen molar-refractivity contribution < 1.29 is 23.5 Å². The molecule has 0 bridgehead atoms. The Morgan fingerprint density at radius 3 is 2.62 bits per heavy atom. The molecule has 2 heterocycles. The average Bonchev–Trinajstić information content (AvgIpc) is 3.36. The molecular formula is C21H30FN3O4. The average molecular weight is 407 g/mol. The van der Waals surface area contributed by atoms with Gasteiger partial charge in [0.2, 0.25) is 12.7 Å². The third kappa shape index (κ3) is 6.05. The first kappa shape index (κ1) is 21.3. The number of alkyl halides is 1. The van der Waals surface area contributed by atoms with Gasteiger partial charge in [-0.05, 0) is 56.1 Å². The van der Waals surface area contributed by atoms with Crippen LogP contribution in [0, 0.1) is 11.8 Å². The largest absolute Gasteiger partial charge is 0.476 e. The fourth-order valence-electron chi connectivity index (χ4n) is 3.42. The Balaban J connectivity index is 1.75. The number of carbonyl (C=O) groups is 2. The maximum absolute atomic E-state index is 12.7. The Kier molecular flexibility index (Phi) is 7.28. The number of hydrogen-bond donors (Lipinski definition) is 1. The number of carbonyl (C=O) groups excluding carboxylic acids is 2. The summed E-state index contributed by atoms with van der Waals surface area (Å²) in [6.07, 6.45) is 4.91. The molecule has 1 aliphatic carbocycles. The summed E-state index contributed by atoms with van der Waals surface area (Å²) in [6, 6.07) is 2.57. The summed E-state index contributed by atoms with van der Waals surface area (Å²) in [6.45, 7) is 5.09. The molecule has 2 fully saturated rings. The summed E-state index contributed by atoms with van der Waals surface area (Å²) in [4.78, 5) is 31.4. The maximum atomic E-state index is 12.7. The first-order chi connectivity index (χ1) is 14.0. The van der Waals surface area contributed by atoms with E-state index in [9.17, 15) is 14.0 Å². The highest BCUT2D eigenvalue weighted by atomic mass is 19.1. The minimum atomic E-state index is -1.22. The molecule has 29 heavy (non-hydrogen) atoms. The smallest absolute Gasteiger partial charge is 0.330 e. The van der Waals surface area contributed by atoms with E-state index in [1.165, 1.54) is 0 Å². The van der Waals surface area contributed by atoms with Gasteiger partial charge in [0.05, 0.1) is 12.3 Å². The predicted molar refractivity (Wildman–Crippen MR) is 107 cm³/mol. The summed E-state index contributed by atoms with van der Waals surface area (Å²) < 4.78 is 22.8. The summed E-state index contributed by atoms with van der Waals surface area (Å²) in [5, 5.41) is 2.63. The van der Waals surface area contributed by atoms with Crippen LogP contribution in [0.25, 0.3) is 0 Å². The Hall–Kier alpha value is -2.38. The van der Waals surface area contributed by atoms with E-state index in [0.29, 0.717) is 24.8 Å². The molecule has 1 amide bonds. The number of esters is 1. The van der Waals surface area contributed by atoms with Gasteiger partial charge in [-0.1, -0.05) is 13.8 Å². The second-order valence-corrected chi connectivity index (χ2v) is 8.20. The van der Waals surface area contributed by atoms with Gasteiger partial charge in [0.15, 0.2) is 0 Å². The van der Waals surface area contributed by atoms with Crippen molar-refractivity contribution in [3.05, 3.63) is 17.8 Å². The van der Waals surface area contributed by atoms with E-state index in [2.05, 4.69) is 19.9 Å². The number of amides is 1. The monoisotopic (exact) mass is 407 g/mol. The number of nitrogens with zero attached hydrogens (tertiary/aromatic N) is 2. The number of halogens is 1. The van der Waals surface area contributed by atoms with E-state index in [0.717, 1.165) is 44.5 Å². The van der Waals surface area contributed by atoms with Crippen LogP contribution >= 0.6 is 0 Å². The number of rotatable bonds is 10. The van der Waals surface area contributed by atoms with Crippen molar-refractivity contribution in [3.63, 3.8) is 0 Å². The lowest BCUT2D eigenvalue weighted by molar-refractivity contribution is -0.150. The zero-order chi connectivity index (χ0) is 20.8. The molecule has 2 aliphatic rings. The van der Waals surface area contributed by atoms with E-state index in [4.69, 9.17) is 4.74 Å². The van der Waals surface area contributed by atoms with Gasteiger partial charge in [-0.15, -0.1) is 0 Å². The molecule has 1 aromatic rings.